The van der Waals surface area contributed by atoms with Gasteiger partial charge in [-0.25, -0.2) is 4.79 Å². The molecule has 4 rings (SSSR count). The van der Waals surface area contributed by atoms with E-state index in [0.29, 0.717) is 24.8 Å². The minimum atomic E-state index is -0.887. The summed E-state index contributed by atoms with van der Waals surface area (Å²) in [4.78, 5) is 12.5. The Bertz CT molecular complexity index is 1060. The number of aryl methyl sites for hydroxylation is 1. The van der Waals surface area contributed by atoms with Crippen LogP contribution in [0.1, 0.15) is 72.1 Å². The number of hydrogen-bond acceptors (Lipinski definition) is 3. The summed E-state index contributed by atoms with van der Waals surface area (Å²) >= 11 is 0. The molecule has 1 heterocycles. The van der Waals surface area contributed by atoms with Crippen molar-refractivity contribution in [2.45, 2.75) is 71.0 Å². The van der Waals surface area contributed by atoms with Gasteiger partial charge < -0.3 is 19.7 Å². The second-order valence-corrected chi connectivity index (χ2v) is 9.01. The Kier molecular flexibility index (Phi) is 7.15. The number of aromatic carboxylic acids is 1. The Labute approximate surface area is 190 Å². The summed E-state index contributed by atoms with van der Waals surface area (Å²) < 4.78 is 7.39. The summed E-state index contributed by atoms with van der Waals surface area (Å²) in [5.74, 6) is -0.154. The fourth-order valence-electron chi connectivity index (χ4n) is 4.90. The first-order valence-electron chi connectivity index (χ1n) is 11.8. The molecule has 2 aromatic carbocycles. The van der Waals surface area contributed by atoms with Crippen LogP contribution in [0.3, 0.4) is 0 Å². The van der Waals surface area contributed by atoms with Gasteiger partial charge in [-0.2, -0.15) is 0 Å². The molecule has 32 heavy (non-hydrogen) atoms. The highest BCUT2D eigenvalue weighted by Crippen LogP contribution is 2.31. The van der Waals surface area contributed by atoms with Gasteiger partial charge >= 0.3 is 5.97 Å². The lowest BCUT2D eigenvalue weighted by molar-refractivity contribution is 0.0684. The molecule has 0 atom stereocenters. The van der Waals surface area contributed by atoms with E-state index in [-0.39, 0.29) is 0 Å². The van der Waals surface area contributed by atoms with Crippen LogP contribution in [0.25, 0.3) is 10.9 Å². The summed E-state index contributed by atoms with van der Waals surface area (Å²) in [5.41, 5.74) is 4.40. The van der Waals surface area contributed by atoms with Crippen molar-refractivity contribution in [2.75, 3.05) is 7.11 Å². The van der Waals surface area contributed by atoms with Crippen LogP contribution >= 0.6 is 0 Å². The number of methoxy groups -OCH3 is 1. The molecule has 0 unspecified atom stereocenters. The average molecular weight is 435 g/mol. The summed E-state index contributed by atoms with van der Waals surface area (Å²) in [6.07, 6.45) is 8.76. The standard InChI is InChI=1S/C27H34N2O3/c1-19-10-12-20(13-11-19)18-29-25-16-22(32-2)14-15-23(25)24(26(29)27(30)31)17-28-21-8-6-4-3-5-7-9-21/h10-16,21,28H,3-9,17-18H2,1-2H3,(H,30,31). The van der Waals surface area contributed by atoms with Crippen molar-refractivity contribution in [3.8, 4) is 5.75 Å². The lowest BCUT2D eigenvalue weighted by Crippen LogP contribution is -2.30. The summed E-state index contributed by atoms with van der Waals surface area (Å²) in [5, 5.41) is 14.9. The highest BCUT2D eigenvalue weighted by Gasteiger charge is 2.24. The van der Waals surface area contributed by atoms with E-state index in [1.54, 1.807) is 7.11 Å². The van der Waals surface area contributed by atoms with E-state index >= 15 is 0 Å². The number of ether oxygens (including phenoxy) is 1. The average Bonchev–Trinajstić information content (AvgIpc) is 3.07. The number of carboxylic acids is 1. The summed E-state index contributed by atoms with van der Waals surface area (Å²) in [7, 11) is 1.64. The Morgan fingerprint density at radius 3 is 2.41 bits per heavy atom. The van der Waals surface area contributed by atoms with Crippen LogP contribution in [0.4, 0.5) is 0 Å². The molecule has 1 fully saturated rings. The maximum Gasteiger partial charge on any atom is 0.352 e. The van der Waals surface area contributed by atoms with Crippen molar-refractivity contribution < 1.29 is 14.6 Å². The molecule has 1 aromatic heterocycles. The Balaban J connectivity index is 1.72. The van der Waals surface area contributed by atoms with Crippen molar-refractivity contribution in [2.24, 2.45) is 0 Å². The third kappa shape index (κ3) is 4.99. The zero-order chi connectivity index (χ0) is 22.5. The molecule has 0 amide bonds. The lowest BCUT2D eigenvalue weighted by Gasteiger charge is -2.21. The number of nitrogens with one attached hydrogen (secondary N) is 1. The van der Waals surface area contributed by atoms with E-state index in [9.17, 15) is 9.90 Å². The van der Waals surface area contributed by atoms with E-state index in [1.807, 2.05) is 22.8 Å². The molecule has 1 aliphatic carbocycles. The Morgan fingerprint density at radius 1 is 1.06 bits per heavy atom. The van der Waals surface area contributed by atoms with Gasteiger partial charge in [0.1, 0.15) is 11.4 Å². The van der Waals surface area contributed by atoms with Gasteiger partial charge in [-0.3, -0.25) is 0 Å². The number of fused-ring (bicyclic) bond motifs is 1. The molecule has 1 saturated carbocycles. The van der Waals surface area contributed by atoms with Gasteiger partial charge in [-0.15, -0.1) is 0 Å². The molecule has 5 nitrogen and oxygen atoms in total. The first-order valence-corrected chi connectivity index (χ1v) is 11.8. The monoisotopic (exact) mass is 434 g/mol. The number of aromatic nitrogens is 1. The second-order valence-electron chi connectivity index (χ2n) is 9.01. The van der Waals surface area contributed by atoms with Crippen molar-refractivity contribution in [1.29, 1.82) is 0 Å². The van der Waals surface area contributed by atoms with Crippen molar-refractivity contribution in [3.05, 3.63) is 64.8 Å². The maximum atomic E-state index is 12.5. The molecular formula is C27H34N2O3. The van der Waals surface area contributed by atoms with Gasteiger partial charge in [0.15, 0.2) is 0 Å². The number of rotatable bonds is 7. The topological polar surface area (TPSA) is 63.5 Å². The highest BCUT2D eigenvalue weighted by atomic mass is 16.5. The minimum absolute atomic E-state index is 0.368. The molecular weight excluding hydrogens is 400 g/mol. The van der Waals surface area contributed by atoms with Gasteiger partial charge in [-0.05, 0) is 37.5 Å². The van der Waals surface area contributed by atoms with E-state index < -0.39 is 5.97 Å². The van der Waals surface area contributed by atoms with Gasteiger partial charge in [0.2, 0.25) is 0 Å². The van der Waals surface area contributed by atoms with E-state index in [2.05, 4.69) is 36.5 Å². The molecule has 3 aromatic rings. The van der Waals surface area contributed by atoms with Crippen LogP contribution in [0.2, 0.25) is 0 Å². The third-order valence-electron chi connectivity index (χ3n) is 6.71. The molecule has 1 aliphatic rings. The van der Waals surface area contributed by atoms with Crippen LogP contribution in [-0.4, -0.2) is 28.8 Å². The Hall–Kier alpha value is -2.79. The van der Waals surface area contributed by atoms with Crippen molar-refractivity contribution >= 4 is 16.9 Å². The number of nitrogens with zero attached hydrogens (tertiary/aromatic N) is 1. The number of benzene rings is 2. The smallest absolute Gasteiger partial charge is 0.352 e. The van der Waals surface area contributed by atoms with Crippen molar-refractivity contribution in [1.82, 2.24) is 9.88 Å². The second kappa shape index (κ2) is 10.2. The fraction of sp³-hybridized carbons (Fsp3) is 0.444. The van der Waals surface area contributed by atoms with Crippen molar-refractivity contribution in [3.63, 3.8) is 0 Å². The molecule has 5 heteroatoms. The first kappa shape index (κ1) is 22.4. The predicted molar refractivity (Wildman–Crippen MR) is 129 cm³/mol. The number of carbonyl (C=O) groups is 1. The van der Waals surface area contributed by atoms with Crippen LogP contribution in [0, 0.1) is 6.92 Å². The molecule has 0 bridgehead atoms. The van der Waals surface area contributed by atoms with Crippen LogP contribution < -0.4 is 10.1 Å². The molecule has 170 valence electrons. The Morgan fingerprint density at radius 2 is 1.75 bits per heavy atom. The zero-order valence-electron chi connectivity index (χ0n) is 19.2. The van der Waals surface area contributed by atoms with Gasteiger partial charge in [-0.1, -0.05) is 61.9 Å². The van der Waals surface area contributed by atoms with Gasteiger partial charge in [0.25, 0.3) is 0 Å². The summed E-state index contributed by atoms with van der Waals surface area (Å²) in [6.45, 7) is 3.13. The van der Waals surface area contributed by atoms with E-state index in [0.717, 1.165) is 40.6 Å². The fourth-order valence-corrected chi connectivity index (χ4v) is 4.90. The third-order valence-corrected chi connectivity index (χ3v) is 6.71. The zero-order valence-corrected chi connectivity index (χ0v) is 19.2. The molecule has 0 saturated heterocycles. The largest absolute Gasteiger partial charge is 0.497 e. The highest BCUT2D eigenvalue weighted by molar-refractivity contribution is 5.98. The number of carboxylic acid groups (broad SMARTS) is 1. The first-order chi connectivity index (χ1) is 15.6. The van der Waals surface area contributed by atoms with Crippen LogP contribution in [0.15, 0.2) is 42.5 Å². The lowest BCUT2D eigenvalue weighted by atomic mass is 9.96. The SMILES string of the molecule is COc1ccc2c(CNC3CCCCCCC3)c(C(=O)O)n(Cc3ccc(C)cc3)c2c1. The van der Waals surface area contributed by atoms with Crippen LogP contribution in [0.5, 0.6) is 5.75 Å². The minimum Gasteiger partial charge on any atom is -0.497 e. The van der Waals surface area contributed by atoms with Gasteiger partial charge in [0.05, 0.1) is 12.6 Å². The summed E-state index contributed by atoms with van der Waals surface area (Å²) in [6, 6.07) is 14.6. The predicted octanol–water partition coefficient (Wildman–Crippen LogP) is 5.91. The molecule has 0 radical (unpaired) electrons. The number of hydrogen-bond donors (Lipinski definition) is 2. The normalized spacial score (nSPS) is 15.4. The quantitative estimate of drug-likeness (QED) is 0.485. The molecule has 0 aliphatic heterocycles. The van der Waals surface area contributed by atoms with Gasteiger partial charge in [0, 0.05) is 36.1 Å². The van der Waals surface area contributed by atoms with Crippen LogP contribution in [-0.2, 0) is 13.1 Å². The maximum absolute atomic E-state index is 12.5. The van der Waals surface area contributed by atoms with E-state index in [4.69, 9.17) is 4.74 Å². The molecule has 0 spiro atoms. The molecule has 2 N–H and O–H groups in total. The van der Waals surface area contributed by atoms with E-state index in [1.165, 1.54) is 37.7 Å².